The van der Waals surface area contributed by atoms with Gasteiger partial charge >= 0.3 is 0 Å². The predicted molar refractivity (Wildman–Crippen MR) is 153 cm³/mol. The maximum atomic E-state index is 13.6. The molecule has 0 spiro atoms. The minimum atomic E-state index is -0.292. The monoisotopic (exact) mass is 519 g/mol. The number of benzene rings is 4. The number of carbonyl (C=O) groups excluding carboxylic acids is 2. The Balaban J connectivity index is 1.53. The number of Topliss-reactive ketones (excluding diaryl/α,β-unsaturated/α-hetero) is 1. The second-order valence-electron chi connectivity index (χ2n) is 9.01. The molecule has 5 rings (SSSR count). The van der Waals surface area contributed by atoms with E-state index in [2.05, 4.69) is 5.32 Å². The van der Waals surface area contributed by atoms with Gasteiger partial charge in [0.1, 0.15) is 0 Å². The first-order chi connectivity index (χ1) is 18.4. The normalized spacial score (nSPS) is 10.9. The summed E-state index contributed by atoms with van der Waals surface area (Å²) in [6, 6.07) is 28.9. The van der Waals surface area contributed by atoms with Gasteiger partial charge < -0.3 is 5.32 Å². The van der Waals surface area contributed by atoms with Gasteiger partial charge in [0.2, 0.25) is 0 Å². The lowest BCUT2D eigenvalue weighted by molar-refractivity contribution is 0.101. The zero-order chi connectivity index (χ0) is 26.6. The maximum absolute atomic E-state index is 13.6. The van der Waals surface area contributed by atoms with Gasteiger partial charge in [0.15, 0.2) is 10.9 Å². The number of hydrogen-bond donors (Lipinski definition) is 1. The number of anilines is 1. The molecule has 1 heterocycles. The number of ketones is 1. The Kier molecular flexibility index (Phi) is 7.20. The average Bonchev–Trinajstić information content (AvgIpc) is 2.92. The number of amides is 1. The van der Waals surface area contributed by atoms with E-state index < -0.39 is 0 Å². The highest BCUT2D eigenvalue weighted by Crippen LogP contribution is 2.23. The molecule has 0 unspecified atom stereocenters. The van der Waals surface area contributed by atoms with E-state index in [9.17, 15) is 14.4 Å². The van der Waals surface area contributed by atoms with Gasteiger partial charge in [0.25, 0.3) is 11.5 Å². The van der Waals surface area contributed by atoms with E-state index in [0.29, 0.717) is 38.6 Å². The minimum Gasteiger partial charge on any atom is -0.322 e. The molecule has 4 aromatic carbocycles. The van der Waals surface area contributed by atoms with Crippen molar-refractivity contribution in [3.05, 3.63) is 130 Å². The fourth-order valence-electron chi connectivity index (χ4n) is 4.30. The van der Waals surface area contributed by atoms with Crippen LogP contribution >= 0.6 is 11.8 Å². The van der Waals surface area contributed by atoms with Gasteiger partial charge in [-0.3, -0.25) is 19.0 Å². The van der Waals surface area contributed by atoms with Crippen molar-refractivity contribution in [3.8, 4) is 5.69 Å². The fraction of sp³-hybridized carbons (Fsp3) is 0.0968. The number of aryl methyl sites for hydroxylation is 2. The Bertz CT molecular complexity index is 1690. The minimum absolute atomic E-state index is 0.0638. The number of hydrogen-bond acceptors (Lipinski definition) is 5. The third-order valence-electron chi connectivity index (χ3n) is 6.02. The highest BCUT2D eigenvalue weighted by atomic mass is 32.2. The molecular weight excluding hydrogens is 494 g/mol. The highest BCUT2D eigenvalue weighted by Gasteiger charge is 2.17. The molecule has 0 bridgehead atoms. The van der Waals surface area contributed by atoms with Crippen LogP contribution in [0.15, 0.2) is 107 Å². The molecule has 0 aliphatic rings. The smallest absolute Gasteiger partial charge is 0.266 e. The van der Waals surface area contributed by atoms with Crippen LogP contribution in [0.2, 0.25) is 0 Å². The number of nitrogens with one attached hydrogen (secondary N) is 1. The van der Waals surface area contributed by atoms with Crippen molar-refractivity contribution in [1.29, 1.82) is 0 Å². The molecule has 1 aromatic heterocycles. The molecule has 0 radical (unpaired) electrons. The first-order valence-electron chi connectivity index (χ1n) is 12.1. The fourth-order valence-corrected chi connectivity index (χ4v) is 5.20. The van der Waals surface area contributed by atoms with Crippen LogP contribution in [0.1, 0.15) is 31.8 Å². The summed E-state index contributed by atoms with van der Waals surface area (Å²) in [5.74, 6) is -0.243. The van der Waals surface area contributed by atoms with Crippen molar-refractivity contribution in [3.63, 3.8) is 0 Å². The van der Waals surface area contributed by atoms with Crippen molar-refractivity contribution >= 4 is 40.0 Å². The van der Waals surface area contributed by atoms with Gasteiger partial charge in [-0.25, -0.2) is 4.98 Å². The number of aromatic nitrogens is 2. The zero-order valence-electron chi connectivity index (χ0n) is 21.0. The molecule has 6 nitrogen and oxygen atoms in total. The summed E-state index contributed by atoms with van der Waals surface area (Å²) in [6.45, 7) is 3.95. The molecule has 188 valence electrons. The molecule has 1 N–H and O–H groups in total. The first-order valence-corrected chi connectivity index (χ1v) is 13.1. The topological polar surface area (TPSA) is 81.1 Å². The summed E-state index contributed by atoms with van der Waals surface area (Å²) in [7, 11) is 0. The summed E-state index contributed by atoms with van der Waals surface area (Å²) < 4.78 is 1.51. The van der Waals surface area contributed by atoms with Crippen molar-refractivity contribution in [2.45, 2.75) is 19.0 Å². The summed E-state index contributed by atoms with van der Waals surface area (Å²) in [6.07, 6.45) is 0. The second kappa shape index (κ2) is 10.9. The quantitative estimate of drug-likeness (QED) is 0.157. The van der Waals surface area contributed by atoms with E-state index >= 15 is 0 Å². The molecule has 0 saturated carbocycles. The maximum Gasteiger partial charge on any atom is 0.266 e. The lowest BCUT2D eigenvalue weighted by Crippen LogP contribution is -2.22. The van der Waals surface area contributed by atoms with Gasteiger partial charge in [0.05, 0.1) is 22.3 Å². The summed E-state index contributed by atoms with van der Waals surface area (Å²) in [5.41, 5.74) is 4.57. The van der Waals surface area contributed by atoms with Crippen LogP contribution in [0.25, 0.3) is 16.6 Å². The Morgan fingerprint density at radius 1 is 0.816 bits per heavy atom. The van der Waals surface area contributed by atoms with E-state index in [0.717, 1.165) is 11.1 Å². The predicted octanol–water partition coefficient (Wildman–Crippen LogP) is 6.23. The Hall–Kier alpha value is -4.49. The number of rotatable bonds is 7. The molecule has 0 aliphatic carbocycles. The Morgan fingerprint density at radius 3 is 2.16 bits per heavy atom. The van der Waals surface area contributed by atoms with E-state index in [1.54, 1.807) is 30.3 Å². The number of para-hydroxylation sites is 1. The lowest BCUT2D eigenvalue weighted by atomic mass is 10.1. The van der Waals surface area contributed by atoms with Crippen molar-refractivity contribution in [2.24, 2.45) is 0 Å². The second-order valence-corrected chi connectivity index (χ2v) is 9.95. The molecular formula is C31H25N3O3S. The number of carbonyl (C=O) groups is 2. The highest BCUT2D eigenvalue weighted by molar-refractivity contribution is 7.99. The average molecular weight is 520 g/mol. The number of fused-ring (bicyclic) bond motifs is 1. The van der Waals surface area contributed by atoms with Crippen LogP contribution in [0, 0.1) is 13.8 Å². The Labute approximate surface area is 224 Å². The van der Waals surface area contributed by atoms with Crippen LogP contribution in [0.4, 0.5) is 5.69 Å². The third-order valence-corrected chi connectivity index (χ3v) is 6.96. The molecule has 0 saturated heterocycles. The van der Waals surface area contributed by atoms with Crippen molar-refractivity contribution < 1.29 is 9.59 Å². The van der Waals surface area contributed by atoms with Gasteiger partial charge in [-0.15, -0.1) is 0 Å². The molecule has 0 aliphatic heterocycles. The SMILES string of the molecule is Cc1cc(C)cc(NC(=O)c2ccc3c(=O)n(-c4ccccc4)c(SCC(=O)c4ccccc4)nc3c2)c1. The molecule has 1 amide bonds. The standard InChI is InChI=1S/C31H25N3O3S/c1-20-15-21(2)17-24(16-20)32-29(36)23-13-14-26-27(18-23)33-31(34(30(26)37)25-11-7-4-8-12-25)38-19-28(35)22-9-5-3-6-10-22/h3-18H,19H2,1-2H3,(H,32,36). The van der Waals surface area contributed by atoms with Gasteiger partial charge in [-0.2, -0.15) is 0 Å². The number of thioether (sulfide) groups is 1. The van der Waals surface area contributed by atoms with Gasteiger partial charge in [0, 0.05) is 16.8 Å². The van der Waals surface area contributed by atoms with Crippen LogP contribution in [-0.2, 0) is 0 Å². The summed E-state index contributed by atoms with van der Waals surface area (Å²) in [4.78, 5) is 44.2. The van der Waals surface area contributed by atoms with E-state index in [-0.39, 0.29) is 23.0 Å². The van der Waals surface area contributed by atoms with Gasteiger partial charge in [-0.05, 0) is 67.4 Å². The summed E-state index contributed by atoms with van der Waals surface area (Å²) in [5, 5.41) is 3.69. The van der Waals surface area contributed by atoms with Crippen molar-refractivity contribution in [2.75, 3.05) is 11.1 Å². The molecule has 0 fully saturated rings. The largest absolute Gasteiger partial charge is 0.322 e. The zero-order valence-corrected chi connectivity index (χ0v) is 21.8. The third kappa shape index (κ3) is 5.43. The molecule has 7 heteroatoms. The molecule has 5 aromatic rings. The summed E-state index contributed by atoms with van der Waals surface area (Å²) >= 11 is 1.20. The van der Waals surface area contributed by atoms with Gasteiger partial charge in [-0.1, -0.05) is 66.4 Å². The lowest BCUT2D eigenvalue weighted by Gasteiger charge is -2.14. The molecule has 38 heavy (non-hydrogen) atoms. The number of nitrogens with zero attached hydrogens (tertiary/aromatic N) is 2. The van der Waals surface area contributed by atoms with E-state index in [1.807, 2.05) is 80.6 Å². The van der Waals surface area contributed by atoms with Crippen molar-refractivity contribution in [1.82, 2.24) is 9.55 Å². The first kappa shape index (κ1) is 25.2. The van der Waals surface area contributed by atoms with Crippen LogP contribution in [0.5, 0.6) is 0 Å². The molecule has 0 atom stereocenters. The van der Waals surface area contributed by atoms with Crippen LogP contribution in [-0.4, -0.2) is 27.0 Å². The van der Waals surface area contributed by atoms with Crippen LogP contribution in [0.3, 0.4) is 0 Å². The van der Waals surface area contributed by atoms with E-state index in [4.69, 9.17) is 4.98 Å². The van der Waals surface area contributed by atoms with Crippen LogP contribution < -0.4 is 10.9 Å². The Morgan fingerprint density at radius 2 is 1.47 bits per heavy atom. The van der Waals surface area contributed by atoms with E-state index in [1.165, 1.54) is 16.3 Å².